The van der Waals surface area contributed by atoms with E-state index < -0.39 is 16.1 Å². The summed E-state index contributed by atoms with van der Waals surface area (Å²) in [6, 6.07) is 8.61. The lowest BCUT2D eigenvalue weighted by Crippen LogP contribution is -2.22. The van der Waals surface area contributed by atoms with E-state index >= 15 is 0 Å². The number of rotatable bonds is 8. The minimum Gasteiger partial charge on any atom is -0.491 e. The zero-order valence-corrected chi connectivity index (χ0v) is 15.4. The predicted octanol–water partition coefficient (Wildman–Crippen LogP) is 2.00. The van der Waals surface area contributed by atoms with Gasteiger partial charge in [0.2, 0.25) is 10.0 Å². The van der Waals surface area contributed by atoms with Crippen molar-refractivity contribution in [3.63, 3.8) is 0 Å². The molecule has 1 aromatic heterocycles. The van der Waals surface area contributed by atoms with Crippen molar-refractivity contribution in [1.29, 1.82) is 0 Å². The Morgan fingerprint density at radius 1 is 1.24 bits per heavy atom. The molecule has 0 bridgehead atoms. The zero-order chi connectivity index (χ0) is 18.4. The lowest BCUT2D eigenvalue weighted by Gasteiger charge is -2.13. The van der Waals surface area contributed by atoms with Crippen LogP contribution in [0.25, 0.3) is 0 Å². The number of thioether (sulfide) groups is 1. The molecule has 0 saturated carbocycles. The highest BCUT2D eigenvalue weighted by atomic mass is 32.2. The van der Waals surface area contributed by atoms with Crippen molar-refractivity contribution in [1.82, 2.24) is 9.29 Å². The van der Waals surface area contributed by atoms with Gasteiger partial charge in [-0.25, -0.2) is 22.1 Å². The summed E-state index contributed by atoms with van der Waals surface area (Å²) in [4.78, 5) is 4.20. The van der Waals surface area contributed by atoms with E-state index in [0.717, 1.165) is 4.31 Å². The van der Waals surface area contributed by atoms with Crippen LogP contribution in [0, 0.1) is 5.82 Å². The standard InChI is InChI=1S/C16H19FN2O4S2/c1-19(2)25(21,22)15-7-8-16(18-9-15)24-11-13(20)10-23-14-5-3-12(17)4-6-14/h3-9,13,20H,10-11H2,1-2H3/t13-/m0/s1. The molecule has 0 aliphatic carbocycles. The molecule has 0 amide bonds. The fourth-order valence-corrected chi connectivity index (χ4v) is 3.37. The van der Waals surface area contributed by atoms with Crippen LogP contribution in [0.3, 0.4) is 0 Å². The summed E-state index contributed by atoms with van der Waals surface area (Å²) in [5, 5.41) is 10.5. The highest BCUT2D eigenvalue weighted by Gasteiger charge is 2.17. The number of benzene rings is 1. The van der Waals surface area contributed by atoms with Crippen molar-refractivity contribution in [3.8, 4) is 5.75 Å². The Labute approximate surface area is 150 Å². The first-order valence-corrected chi connectivity index (χ1v) is 9.79. The minimum atomic E-state index is -3.50. The molecule has 6 nitrogen and oxygen atoms in total. The molecular formula is C16H19FN2O4S2. The fraction of sp³-hybridized carbons (Fsp3) is 0.312. The average Bonchev–Trinajstić information content (AvgIpc) is 2.59. The lowest BCUT2D eigenvalue weighted by molar-refractivity contribution is 0.126. The zero-order valence-electron chi connectivity index (χ0n) is 13.8. The molecule has 0 radical (unpaired) electrons. The van der Waals surface area contributed by atoms with E-state index in [1.807, 2.05) is 0 Å². The van der Waals surface area contributed by atoms with Gasteiger partial charge in [0.05, 0.1) is 11.1 Å². The van der Waals surface area contributed by atoms with Crippen LogP contribution >= 0.6 is 11.8 Å². The minimum absolute atomic E-state index is 0.0612. The summed E-state index contributed by atoms with van der Waals surface area (Å²) < 4.78 is 43.2. The first-order chi connectivity index (χ1) is 11.8. The second kappa shape index (κ2) is 8.61. The van der Waals surface area contributed by atoms with Gasteiger partial charge < -0.3 is 9.84 Å². The van der Waals surface area contributed by atoms with Crippen molar-refractivity contribution in [2.45, 2.75) is 16.0 Å². The number of nitrogens with zero attached hydrogens (tertiary/aromatic N) is 2. The SMILES string of the molecule is CN(C)S(=O)(=O)c1ccc(SC[C@@H](O)COc2ccc(F)cc2)nc1. The second-order valence-electron chi connectivity index (χ2n) is 5.35. The molecule has 136 valence electrons. The molecule has 0 aliphatic rings. The van der Waals surface area contributed by atoms with Crippen LogP contribution in [0.1, 0.15) is 0 Å². The van der Waals surface area contributed by atoms with E-state index in [4.69, 9.17) is 4.74 Å². The van der Waals surface area contributed by atoms with Crippen LogP contribution < -0.4 is 4.74 Å². The van der Waals surface area contributed by atoms with Gasteiger partial charge in [0.1, 0.15) is 23.1 Å². The first kappa shape index (κ1) is 19.6. The normalized spacial score (nSPS) is 13.0. The highest BCUT2D eigenvalue weighted by Crippen LogP contribution is 2.20. The second-order valence-corrected chi connectivity index (χ2v) is 8.54. The molecule has 0 fully saturated rings. The number of aromatic nitrogens is 1. The Morgan fingerprint density at radius 3 is 2.48 bits per heavy atom. The number of halogens is 1. The quantitative estimate of drug-likeness (QED) is 0.699. The van der Waals surface area contributed by atoms with Crippen LogP contribution in [0.4, 0.5) is 4.39 Å². The van der Waals surface area contributed by atoms with Crippen LogP contribution in [0.5, 0.6) is 5.75 Å². The molecule has 0 unspecified atom stereocenters. The smallest absolute Gasteiger partial charge is 0.244 e. The molecule has 1 aromatic carbocycles. The summed E-state index contributed by atoms with van der Waals surface area (Å²) in [6.07, 6.45) is 0.543. The monoisotopic (exact) mass is 386 g/mol. The third-order valence-electron chi connectivity index (χ3n) is 3.17. The molecule has 2 aromatic rings. The maximum absolute atomic E-state index is 12.8. The van der Waals surface area contributed by atoms with Crippen molar-refractivity contribution < 1.29 is 22.7 Å². The molecular weight excluding hydrogens is 367 g/mol. The molecule has 0 spiro atoms. The predicted molar refractivity (Wildman–Crippen MR) is 93.7 cm³/mol. The number of sulfonamides is 1. The van der Waals surface area contributed by atoms with Gasteiger partial charge in [-0.05, 0) is 36.4 Å². The van der Waals surface area contributed by atoms with Gasteiger partial charge in [-0.1, -0.05) is 0 Å². The summed E-state index contributed by atoms with van der Waals surface area (Å²) >= 11 is 1.28. The summed E-state index contributed by atoms with van der Waals surface area (Å²) in [5.74, 6) is 0.449. The number of hydrogen-bond acceptors (Lipinski definition) is 6. The van der Waals surface area contributed by atoms with Gasteiger partial charge in [0.25, 0.3) is 0 Å². The third kappa shape index (κ3) is 5.67. The molecule has 1 heterocycles. The third-order valence-corrected chi connectivity index (χ3v) is 6.05. The van der Waals surface area contributed by atoms with Gasteiger partial charge >= 0.3 is 0 Å². The van der Waals surface area contributed by atoms with Crippen molar-refractivity contribution in [3.05, 3.63) is 48.4 Å². The van der Waals surface area contributed by atoms with Gasteiger partial charge in [0.15, 0.2) is 0 Å². The van der Waals surface area contributed by atoms with Crippen molar-refractivity contribution >= 4 is 21.8 Å². The Hall–Kier alpha value is -1.68. The summed E-state index contributed by atoms with van der Waals surface area (Å²) in [6.45, 7) is 0.0612. The lowest BCUT2D eigenvalue weighted by atomic mass is 10.3. The highest BCUT2D eigenvalue weighted by molar-refractivity contribution is 7.99. The first-order valence-electron chi connectivity index (χ1n) is 7.37. The fourth-order valence-electron chi connectivity index (χ4n) is 1.77. The topological polar surface area (TPSA) is 79.7 Å². The van der Waals surface area contributed by atoms with Gasteiger partial charge in [-0.15, -0.1) is 11.8 Å². The van der Waals surface area contributed by atoms with Crippen LogP contribution in [-0.4, -0.2) is 55.4 Å². The molecule has 0 aliphatic heterocycles. The van der Waals surface area contributed by atoms with Crippen LogP contribution in [-0.2, 0) is 10.0 Å². The number of pyridine rings is 1. The van der Waals surface area contributed by atoms with Crippen molar-refractivity contribution in [2.24, 2.45) is 0 Å². The summed E-state index contributed by atoms with van der Waals surface area (Å²) in [7, 11) is -0.594. The number of aliphatic hydroxyl groups is 1. The number of ether oxygens (including phenoxy) is 1. The van der Waals surface area contributed by atoms with E-state index in [-0.39, 0.29) is 17.3 Å². The van der Waals surface area contributed by atoms with E-state index in [2.05, 4.69) is 4.98 Å². The Kier molecular flexibility index (Phi) is 6.77. The van der Waals surface area contributed by atoms with Gasteiger partial charge in [-0.2, -0.15) is 0 Å². The molecule has 9 heteroatoms. The van der Waals surface area contributed by atoms with Crippen molar-refractivity contribution in [2.75, 3.05) is 26.5 Å². The Balaban J connectivity index is 1.83. The molecule has 25 heavy (non-hydrogen) atoms. The molecule has 1 N–H and O–H groups in total. The molecule has 2 rings (SSSR count). The molecule has 0 saturated heterocycles. The van der Waals surface area contributed by atoms with E-state index in [0.29, 0.717) is 16.5 Å². The average molecular weight is 386 g/mol. The Morgan fingerprint density at radius 2 is 1.92 bits per heavy atom. The summed E-state index contributed by atoms with van der Waals surface area (Å²) in [5.41, 5.74) is 0. The van der Waals surface area contributed by atoms with E-state index in [9.17, 15) is 17.9 Å². The Bertz CT molecular complexity index is 781. The van der Waals surface area contributed by atoms with E-state index in [1.54, 1.807) is 6.07 Å². The van der Waals surface area contributed by atoms with Crippen LogP contribution in [0.2, 0.25) is 0 Å². The molecule has 1 atom stereocenters. The maximum atomic E-state index is 12.8. The van der Waals surface area contributed by atoms with Gasteiger partial charge in [0, 0.05) is 26.0 Å². The van der Waals surface area contributed by atoms with Crippen LogP contribution in [0.15, 0.2) is 52.5 Å². The number of hydrogen-bond donors (Lipinski definition) is 1. The van der Waals surface area contributed by atoms with Gasteiger partial charge in [-0.3, -0.25) is 0 Å². The number of aliphatic hydroxyl groups excluding tert-OH is 1. The van der Waals surface area contributed by atoms with E-state index in [1.165, 1.54) is 62.4 Å². The maximum Gasteiger partial charge on any atom is 0.244 e. The largest absolute Gasteiger partial charge is 0.491 e.